The summed E-state index contributed by atoms with van der Waals surface area (Å²) in [5.74, 6) is -3.30. The van der Waals surface area contributed by atoms with Crippen LogP contribution < -0.4 is 0 Å². The van der Waals surface area contributed by atoms with Crippen LogP contribution in [0.15, 0.2) is 0 Å². The number of rotatable bonds is 36. The lowest BCUT2D eigenvalue weighted by atomic mass is 10.0. The number of carboxylic acids is 3. The first-order valence-electron chi connectivity index (χ1n) is 21.3. The third kappa shape index (κ3) is 48.3. The third-order valence-corrected chi connectivity index (χ3v) is 9.35. The van der Waals surface area contributed by atoms with E-state index in [-0.39, 0.29) is 0 Å². The van der Waals surface area contributed by atoms with Crippen LogP contribution in [0.5, 0.6) is 0 Å². The van der Waals surface area contributed by atoms with Gasteiger partial charge in [0.1, 0.15) is 0 Å². The summed E-state index contributed by atoms with van der Waals surface area (Å²) in [5.41, 5.74) is 0. The molecule has 3 unspecified atom stereocenters. The number of aliphatic hydroxyl groups is 3. The van der Waals surface area contributed by atoms with Crippen molar-refractivity contribution in [2.75, 3.05) is 0 Å². The van der Waals surface area contributed by atoms with Crippen molar-refractivity contribution < 1.29 is 45.0 Å². The Kier molecular flexibility index (Phi) is 46.8. The van der Waals surface area contributed by atoms with E-state index in [4.69, 9.17) is 30.6 Å². The molecule has 3 atom stereocenters. The monoisotopic (exact) mass is 733 g/mol. The van der Waals surface area contributed by atoms with Crippen molar-refractivity contribution in [2.45, 2.75) is 251 Å². The number of hydrogen-bond acceptors (Lipinski definition) is 6. The molecule has 0 saturated heterocycles. The molecule has 0 bridgehead atoms. The molecule has 0 aromatic rings. The Labute approximate surface area is 313 Å². The van der Waals surface area contributed by atoms with Gasteiger partial charge in [-0.3, -0.25) is 0 Å². The minimum absolute atomic E-state index is 0.384. The van der Waals surface area contributed by atoms with Crippen molar-refractivity contribution in [1.29, 1.82) is 0 Å². The fourth-order valence-electron chi connectivity index (χ4n) is 5.85. The Morgan fingerprint density at radius 1 is 0.294 bits per heavy atom. The van der Waals surface area contributed by atoms with E-state index in [9.17, 15) is 14.4 Å². The summed E-state index contributed by atoms with van der Waals surface area (Å²) >= 11 is 0. The molecule has 9 heteroatoms. The molecule has 0 aliphatic heterocycles. The van der Waals surface area contributed by atoms with Crippen LogP contribution in [0.3, 0.4) is 0 Å². The summed E-state index contributed by atoms with van der Waals surface area (Å²) in [4.78, 5) is 30.9. The van der Waals surface area contributed by atoms with Crippen LogP contribution in [-0.4, -0.2) is 66.9 Å². The number of carbonyl (C=O) groups is 3. The Balaban J connectivity index is -0.000000710. The van der Waals surface area contributed by atoms with E-state index in [0.29, 0.717) is 19.3 Å². The molecule has 0 rings (SSSR count). The highest BCUT2D eigenvalue weighted by atomic mass is 16.4. The summed E-state index contributed by atoms with van der Waals surface area (Å²) in [5, 5.41) is 52.4. The molecule has 0 fully saturated rings. The van der Waals surface area contributed by atoms with Gasteiger partial charge in [-0.25, -0.2) is 14.4 Å². The van der Waals surface area contributed by atoms with Crippen molar-refractivity contribution in [3.05, 3.63) is 0 Å². The summed E-state index contributed by atoms with van der Waals surface area (Å²) in [6, 6.07) is 0. The van der Waals surface area contributed by atoms with Gasteiger partial charge in [-0.05, 0) is 19.3 Å². The molecule has 0 aromatic heterocycles. The van der Waals surface area contributed by atoms with Crippen molar-refractivity contribution in [3.8, 4) is 0 Å². The van der Waals surface area contributed by atoms with Gasteiger partial charge in [0.15, 0.2) is 18.3 Å². The molecule has 0 amide bonds. The standard InChI is InChI=1S/C18H36O3.C16H32O3.C8H16O3/c1-2-3-4-5-6-7-8-9-10-11-12-13-14-15-16-17(19)18(20)21;1-2-3-4-5-6-7-8-9-10-11-12-13-14-15(17)16(18)19;1-2-3-4-5-6-7(9)8(10)11/h17,19H,2-16H2,1H3,(H,20,21);15,17H,2-14H2,1H3,(H,18,19);7,9H,2-6H2,1H3,(H,10,11). The van der Waals surface area contributed by atoms with Gasteiger partial charge in [-0.1, -0.05) is 213 Å². The molecule has 6 N–H and O–H groups in total. The fourth-order valence-corrected chi connectivity index (χ4v) is 5.85. The van der Waals surface area contributed by atoms with E-state index in [2.05, 4.69) is 20.8 Å². The van der Waals surface area contributed by atoms with Crippen molar-refractivity contribution in [2.24, 2.45) is 0 Å². The second kappa shape index (κ2) is 44.5. The van der Waals surface area contributed by atoms with E-state index < -0.39 is 36.2 Å². The van der Waals surface area contributed by atoms with Gasteiger partial charge >= 0.3 is 17.9 Å². The normalized spacial score (nSPS) is 12.6. The van der Waals surface area contributed by atoms with Gasteiger partial charge in [0.05, 0.1) is 0 Å². The Morgan fingerprint density at radius 3 is 0.588 bits per heavy atom. The average Bonchev–Trinajstić information content (AvgIpc) is 3.10. The average molecular weight is 733 g/mol. The van der Waals surface area contributed by atoms with Crippen molar-refractivity contribution in [1.82, 2.24) is 0 Å². The number of aliphatic hydroxyl groups excluding tert-OH is 3. The van der Waals surface area contributed by atoms with Crippen molar-refractivity contribution in [3.63, 3.8) is 0 Å². The predicted octanol–water partition coefficient (Wildman–Crippen LogP) is 11.2. The highest BCUT2D eigenvalue weighted by Gasteiger charge is 2.13. The van der Waals surface area contributed by atoms with Crippen LogP contribution in [0.2, 0.25) is 0 Å². The third-order valence-electron chi connectivity index (χ3n) is 9.35. The smallest absolute Gasteiger partial charge is 0.332 e. The highest BCUT2D eigenvalue weighted by Crippen LogP contribution is 2.15. The molecule has 9 nitrogen and oxygen atoms in total. The molecule has 0 heterocycles. The van der Waals surface area contributed by atoms with Crippen molar-refractivity contribution >= 4 is 17.9 Å². The second-order valence-corrected chi connectivity index (χ2v) is 14.5. The van der Waals surface area contributed by atoms with Gasteiger partial charge in [0.2, 0.25) is 0 Å². The maximum atomic E-state index is 10.4. The quantitative estimate of drug-likeness (QED) is 0.0343. The number of aliphatic carboxylic acids is 3. The van der Waals surface area contributed by atoms with Crippen LogP contribution in [0.4, 0.5) is 0 Å². The molecular formula is C42H84O9. The highest BCUT2D eigenvalue weighted by molar-refractivity contribution is 5.72. The zero-order chi connectivity index (χ0) is 38.8. The van der Waals surface area contributed by atoms with Crippen LogP contribution in [0.25, 0.3) is 0 Å². The summed E-state index contributed by atoms with van der Waals surface area (Å²) in [7, 11) is 0. The molecule has 0 saturated carbocycles. The Morgan fingerprint density at radius 2 is 0.431 bits per heavy atom. The molecule has 0 aromatic carbocycles. The largest absolute Gasteiger partial charge is 0.479 e. The van der Waals surface area contributed by atoms with E-state index in [1.54, 1.807) is 0 Å². The summed E-state index contributed by atoms with van der Waals surface area (Å²) in [6.07, 6.45) is 34.9. The molecule has 51 heavy (non-hydrogen) atoms. The minimum atomic E-state index is -1.16. The number of carboxylic acid groups (broad SMARTS) is 3. The molecular weight excluding hydrogens is 648 g/mol. The predicted molar refractivity (Wildman–Crippen MR) is 210 cm³/mol. The lowest BCUT2D eigenvalue weighted by Gasteiger charge is -2.05. The minimum Gasteiger partial charge on any atom is -0.479 e. The van der Waals surface area contributed by atoms with Gasteiger partial charge in [0.25, 0.3) is 0 Å². The molecule has 0 aliphatic carbocycles. The maximum Gasteiger partial charge on any atom is 0.332 e. The zero-order valence-corrected chi connectivity index (χ0v) is 33.5. The van der Waals surface area contributed by atoms with Crippen LogP contribution in [-0.2, 0) is 14.4 Å². The SMILES string of the molecule is CCCCCCC(O)C(=O)O.CCCCCCCCCCCCCCC(O)C(=O)O.CCCCCCCCCCCCCCCCC(O)C(=O)O. The lowest BCUT2D eigenvalue weighted by Crippen LogP contribution is -2.18. The molecule has 0 spiro atoms. The number of hydrogen-bond donors (Lipinski definition) is 6. The molecule has 0 aliphatic rings. The second-order valence-electron chi connectivity index (χ2n) is 14.5. The van der Waals surface area contributed by atoms with Gasteiger partial charge in [-0.2, -0.15) is 0 Å². The van der Waals surface area contributed by atoms with Gasteiger partial charge in [0, 0.05) is 0 Å². The van der Waals surface area contributed by atoms with Crippen LogP contribution in [0.1, 0.15) is 233 Å². The maximum absolute atomic E-state index is 10.4. The molecule has 0 radical (unpaired) electrons. The van der Waals surface area contributed by atoms with E-state index >= 15 is 0 Å². The van der Waals surface area contributed by atoms with E-state index in [1.165, 1.54) is 141 Å². The fraction of sp³-hybridized carbons (Fsp3) is 0.929. The van der Waals surface area contributed by atoms with E-state index in [1.807, 2.05) is 0 Å². The van der Waals surface area contributed by atoms with Crippen LogP contribution in [0, 0.1) is 0 Å². The van der Waals surface area contributed by atoms with Gasteiger partial charge < -0.3 is 30.6 Å². The zero-order valence-electron chi connectivity index (χ0n) is 33.5. The lowest BCUT2D eigenvalue weighted by molar-refractivity contribution is -0.147. The first-order valence-corrected chi connectivity index (χ1v) is 21.3. The summed E-state index contributed by atoms with van der Waals surface area (Å²) in [6.45, 7) is 6.59. The Hall–Kier alpha value is -1.71. The summed E-state index contributed by atoms with van der Waals surface area (Å²) < 4.78 is 0. The topological polar surface area (TPSA) is 173 Å². The number of unbranched alkanes of at least 4 members (excludes halogenated alkanes) is 27. The van der Waals surface area contributed by atoms with E-state index in [0.717, 1.165) is 51.4 Å². The molecule has 306 valence electrons. The first kappa shape index (κ1) is 53.6. The first-order chi connectivity index (χ1) is 24.5. The Bertz CT molecular complexity index is 731. The van der Waals surface area contributed by atoms with Gasteiger partial charge in [-0.15, -0.1) is 0 Å². The van der Waals surface area contributed by atoms with Crippen LogP contribution >= 0.6 is 0 Å².